The Morgan fingerprint density at radius 2 is 1.90 bits per heavy atom. The third kappa shape index (κ3) is 6.70. The predicted octanol–water partition coefficient (Wildman–Crippen LogP) is 4.91. The molecule has 0 saturated heterocycles. The largest absolute Gasteiger partial charge is 0.494 e. The van der Waals surface area contributed by atoms with Gasteiger partial charge in [-0.1, -0.05) is 41.6 Å². The number of amides is 1. The van der Waals surface area contributed by atoms with Crippen LogP contribution in [0.15, 0.2) is 46.8 Å². The molecule has 1 aromatic heterocycles. The van der Waals surface area contributed by atoms with E-state index in [1.807, 2.05) is 56.3 Å². The lowest BCUT2D eigenvalue weighted by Crippen LogP contribution is -2.31. The molecule has 0 bridgehead atoms. The summed E-state index contributed by atoms with van der Waals surface area (Å²) in [6.07, 6.45) is 0.0919. The van der Waals surface area contributed by atoms with Crippen molar-refractivity contribution >= 4 is 45.2 Å². The molecule has 3 rings (SSSR count). The van der Waals surface area contributed by atoms with Crippen molar-refractivity contribution in [1.82, 2.24) is 10.3 Å². The first-order valence-electron chi connectivity index (χ1n) is 10.2. The van der Waals surface area contributed by atoms with Gasteiger partial charge in [0.1, 0.15) is 5.75 Å². The smallest absolute Gasteiger partial charge is 0.308 e. The number of aromatic nitrogens is 1. The molecule has 8 heteroatoms. The molecule has 0 fully saturated rings. The molecular weight excluding hydrogens is 432 g/mol. The molecule has 1 heterocycles. The van der Waals surface area contributed by atoms with Crippen LogP contribution in [0.3, 0.4) is 0 Å². The number of nitrogens with zero attached hydrogens (tertiary/aromatic N) is 1. The second-order valence-corrected chi connectivity index (χ2v) is 9.12. The maximum absolute atomic E-state index is 12.6. The lowest BCUT2D eigenvalue weighted by atomic mass is 10.0. The first kappa shape index (κ1) is 23.1. The summed E-state index contributed by atoms with van der Waals surface area (Å²) in [7, 11) is 0. The number of nitrogens with one attached hydrogen (secondary N) is 1. The van der Waals surface area contributed by atoms with Crippen LogP contribution >= 0.6 is 23.1 Å². The molecule has 0 saturated carbocycles. The van der Waals surface area contributed by atoms with Gasteiger partial charge in [0.25, 0.3) is 0 Å². The zero-order valence-electron chi connectivity index (χ0n) is 17.8. The van der Waals surface area contributed by atoms with Crippen LogP contribution in [0.2, 0.25) is 0 Å². The monoisotopic (exact) mass is 458 g/mol. The Bertz CT molecular complexity index is 1030. The normalized spacial score (nSPS) is 11.8. The zero-order valence-corrected chi connectivity index (χ0v) is 19.5. The molecule has 0 aliphatic rings. The van der Waals surface area contributed by atoms with E-state index in [2.05, 4.69) is 10.3 Å². The lowest BCUT2D eigenvalue weighted by Gasteiger charge is -2.18. The Hall–Kier alpha value is -2.58. The predicted molar refractivity (Wildman–Crippen MR) is 125 cm³/mol. The third-order valence-electron chi connectivity index (χ3n) is 4.47. The number of fused-ring (bicyclic) bond motifs is 1. The molecule has 2 aromatic carbocycles. The Labute approximate surface area is 190 Å². The summed E-state index contributed by atoms with van der Waals surface area (Å²) in [6, 6.07) is 13.1. The van der Waals surface area contributed by atoms with Crippen molar-refractivity contribution in [1.29, 1.82) is 0 Å². The molecule has 1 amide bonds. The summed E-state index contributed by atoms with van der Waals surface area (Å²) < 4.78 is 12.4. The molecule has 0 aliphatic heterocycles. The molecule has 0 spiro atoms. The maximum Gasteiger partial charge on any atom is 0.308 e. The number of hydrogen-bond acceptors (Lipinski definition) is 7. The number of esters is 1. The van der Waals surface area contributed by atoms with Gasteiger partial charge in [-0.2, -0.15) is 0 Å². The van der Waals surface area contributed by atoms with Crippen molar-refractivity contribution in [2.45, 2.75) is 37.6 Å². The van der Waals surface area contributed by atoms with E-state index in [1.165, 1.54) is 23.1 Å². The fourth-order valence-electron chi connectivity index (χ4n) is 3.00. The minimum absolute atomic E-state index is 0.0919. The fraction of sp³-hybridized carbons (Fsp3) is 0.348. The van der Waals surface area contributed by atoms with Crippen LogP contribution in [0, 0.1) is 6.92 Å². The Morgan fingerprint density at radius 1 is 1.13 bits per heavy atom. The van der Waals surface area contributed by atoms with Crippen molar-refractivity contribution < 1.29 is 19.1 Å². The van der Waals surface area contributed by atoms with Gasteiger partial charge in [0.2, 0.25) is 5.91 Å². The van der Waals surface area contributed by atoms with Crippen LogP contribution in [-0.2, 0) is 14.3 Å². The van der Waals surface area contributed by atoms with Gasteiger partial charge in [-0.05, 0) is 44.5 Å². The Kier molecular flexibility index (Phi) is 8.31. The number of rotatable bonds is 10. The number of carbonyl (C=O) groups is 2. The molecule has 6 nitrogen and oxygen atoms in total. The summed E-state index contributed by atoms with van der Waals surface area (Å²) in [4.78, 5) is 29.2. The molecular formula is C23H26N2O4S2. The van der Waals surface area contributed by atoms with Gasteiger partial charge in [-0.3, -0.25) is 9.59 Å². The minimum atomic E-state index is -0.433. The highest BCUT2D eigenvalue weighted by Gasteiger charge is 2.20. The van der Waals surface area contributed by atoms with E-state index in [9.17, 15) is 9.59 Å². The van der Waals surface area contributed by atoms with E-state index in [-0.39, 0.29) is 24.1 Å². The second kappa shape index (κ2) is 11.2. The molecule has 31 heavy (non-hydrogen) atoms. The molecule has 3 aromatic rings. The number of aryl methyl sites for hydroxylation is 1. The van der Waals surface area contributed by atoms with E-state index < -0.39 is 6.04 Å². The van der Waals surface area contributed by atoms with E-state index in [4.69, 9.17) is 9.47 Å². The molecule has 0 unspecified atom stereocenters. The second-order valence-electron chi connectivity index (χ2n) is 6.87. The van der Waals surface area contributed by atoms with E-state index in [1.54, 1.807) is 6.92 Å². The molecule has 0 radical (unpaired) electrons. The zero-order chi connectivity index (χ0) is 22.2. The van der Waals surface area contributed by atoms with Gasteiger partial charge < -0.3 is 14.8 Å². The highest BCUT2D eigenvalue weighted by atomic mass is 32.2. The Balaban J connectivity index is 1.64. The molecule has 0 aliphatic carbocycles. The maximum atomic E-state index is 12.6. The number of carbonyl (C=O) groups excluding carboxylic acids is 2. The minimum Gasteiger partial charge on any atom is -0.494 e. The summed E-state index contributed by atoms with van der Waals surface area (Å²) in [5.41, 5.74) is 2.88. The topological polar surface area (TPSA) is 77.5 Å². The van der Waals surface area contributed by atoms with Crippen molar-refractivity contribution in [2.24, 2.45) is 0 Å². The van der Waals surface area contributed by atoms with Gasteiger partial charge in [0.15, 0.2) is 4.34 Å². The van der Waals surface area contributed by atoms with Crippen molar-refractivity contribution in [3.05, 3.63) is 53.6 Å². The van der Waals surface area contributed by atoms with Crippen LogP contribution in [0.4, 0.5) is 0 Å². The third-order valence-corrected chi connectivity index (χ3v) is 6.63. The number of hydrogen-bond donors (Lipinski definition) is 1. The van der Waals surface area contributed by atoms with Gasteiger partial charge in [0.05, 0.1) is 41.6 Å². The van der Waals surface area contributed by atoms with Crippen molar-refractivity contribution in [3.63, 3.8) is 0 Å². The first-order chi connectivity index (χ1) is 15.0. The van der Waals surface area contributed by atoms with Crippen molar-refractivity contribution in [3.8, 4) is 5.75 Å². The van der Waals surface area contributed by atoms with Gasteiger partial charge >= 0.3 is 5.97 Å². The average molecular weight is 459 g/mol. The van der Waals surface area contributed by atoms with Crippen LogP contribution in [0.5, 0.6) is 5.75 Å². The Morgan fingerprint density at radius 3 is 2.61 bits per heavy atom. The first-order valence-corrected chi connectivity index (χ1v) is 12.0. The van der Waals surface area contributed by atoms with Gasteiger partial charge in [0, 0.05) is 0 Å². The summed E-state index contributed by atoms with van der Waals surface area (Å²) in [5.74, 6) is 0.530. The van der Waals surface area contributed by atoms with Crippen LogP contribution in [0.25, 0.3) is 10.2 Å². The van der Waals surface area contributed by atoms with Crippen LogP contribution in [0.1, 0.15) is 37.4 Å². The highest BCUT2D eigenvalue weighted by molar-refractivity contribution is 8.01. The SMILES string of the molecule is CCOC(=O)C[C@@H](NC(=O)CSc1nc2ccc(OCC)cc2s1)c1ccc(C)cc1. The molecule has 164 valence electrons. The fourth-order valence-corrected chi connectivity index (χ4v) is 4.91. The summed E-state index contributed by atoms with van der Waals surface area (Å²) >= 11 is 2.91. The van der Waals surface area contributed by atoms with E-state index in [0.29, 0.717) is 13.2 Å². The number of thioether (sulfide) groups is 1. The summed E-state index contributed by atoms with van der Waals surface area (Å²) in [6.45, 7) is 6.63. The number of thiazole rings is 1. The van der Waals surface area contributed by atoms with E-state index >= 15 is 0 Å². The number of ether oxygens (including phenoxy) is 2. The standard InChI is InChI=1S/C23H26N2O4S2/c1-4-28-17-10-11-18-20(12-17)31-23(25-18)30-14-21(26)24-19(13-22(27)29-5-2)16-8-6-15(3)7-9-16/h6-12,19H,4-5,13-14H2,1-3H3,(H,24,26)/t19-/m1/s1. The van der Waals surface area contributed by atoms with Gasteiger partial charge in [-0.15, -0.1) is 11.3 Å². The van der Waals surface area contributed by atoms with Crippen molar-refractivity contribution in [2.75, 3.05) is 19.0 Å². The number of benzene rings is 2. The van der Waals surface area contributed by atoms with Gasteiger partial charge in [-0.25, -0.2) is 4.98 Å². The lowest BCUT2D eigenvalue weighted by molar-refractivity contribution is -0.143. The van der Waals surface area contributed by atoms with Crippen LogP contribution in [-0.4, -0.2) is 35.8 Å². The molecule has 1 N–H and O–H groups in total. The van der Waals surface area contributed by atoms with E-state index in [0.717, 1.165) is 31.4 Å². The highest BCUT2D eigenvalue weighted by Crippen LogP contribution is 2.32. The average Bonchev–Trinajstić information content (AvgIpc) is 3.15. The quantitative estimate of drug-likeness (QED) is 0.344. The summed E-state index contributed by atoms with van der Waals surface area (Å²) in [5, 5.41) is 2.97. The molecule has 1 atom stereocenters. The van der Waals surface area contributed by atoms with Crippen LogP contribution < -0.4 is 10.1 Å².